The van der Waals surface area contributed by atoms with E-state index >= 15 is 0 Å². The lowest BCUT2D eigenvalue weighted by atomic mass is 10.1. The van der Waals surface area contributed by atoms with Gasteiger partial charge in [0.25, 0.3) is 5.91 Å². The number of imidazole rings is 1. The van der Waals surface area contributed by atoms with Gasteiger partial charge in [-0.25, -0.2) is 15.2 Å². The highest BCUT2D eigenvalue weighted by molar-refractivity contribution is 7.99. The smallest absolute Gasteiger partial charge is 0.336 e. The van der Waals surface area contributed by atoms with E-state index in [0.717, 1.165) is 16.6 Å². The van der Waals surface area contributed by atoms with Gasteiger partial charge in [-0.2, -0.15) is 5.10 Å². The predicted octanol–water partition coefficient (Wildman–Crippen LogP) is 4.68. The SMILES string of the molecule is O=C(CSc1nc2ccccc2n1Cc1ccc(Cl)cc1)N/N=C\c1ccccc1C(=O)O. The Hall–Kier alpha value is -3.62. The molecular weight excluding hydrogens is 460 g/mol. The average molecular weight is 479 g/mol. The maximum atomic E-state index is 12.3. The summed E-state index contributed by atoms with van der Waals surface area (Å²) in [6.07, 6.45) is 1.32. The second-order valence-corrected chi connectivity index (χ2v) is 8.45. The topological polar surface area (TPSA) is 96.6 Å². The summed E-state index contributed by atoms with van der Waals surface area (Å²) in [7, 11) is 0. The Morgan fingerprint density at radius 3 is 2.58 bits per heavy atom. The van der Waals surface area contributed by atoms with E-state index in [1.165, 1.54) is 24.0 Å². The lowest BCUT2D eigenvalue weighted by molar-refractivity contribution is -0.118. The van der Waals surface area contributed by atoms with Crippen LogP contribution in [0.3, 0.4) is 0 Å². The van der Waals surface area contributed by atoms with E-state index in [9.17, 15) is 14.7 Å². The molecule has 0 aliphatic rings. The summed E-state index contributed by atoms with van der Waals surface area (Å²) in [5.74, 6) is -1.28. The van der Waals surface area contributed by atoms with E-state index in [2.05, 4.69) is 20.1 Å². The molecule has 0 saturated heterocycles. The molecular formula is C24H19ClN4O3S. The van der Waals surface area contributed by atoms with Gasteiger partial charge < -0.3 is 9.67 Å². The number of aromatic carboxylic acids is 1. The number of benzene rings is 3. The van der Waals surface area contributed by atoms with Crippen LogP contribution in [0.15, 0.2) is 83.1 Å². The van der Waals surface area contributed by atoms with Crippen LogP contribution in [0.5, 0.6) is 0 Å². The van der Waals surface area contributed by atoms with Crippen LogP contribution in [-0.2, 0) is 11.3 Å². The molecule has 4 rings (SSSR count). The van der Waals surface area contributed by atoms with E-state index in [1.54, 1.807) is 18.2 Å². The number of fused-ring (bicyclic) bond motifs is 1. The molecule has 0 bridgehead atoms. The van der Waals surface area contributed by atoms with Crippen molar-refractivity contribution in [2.75, 3.05) is 5.75 Å². The minimum absolute atomic E-state index is 0.0991. The molecule has 7 nitrogen and oxygen atoms in total. The minimum Gasteiger partial charge on any atom is -0.478 e. The molecule has 1 amide bonds. The molecule has 0 aliphatic carbocycles. The van der Waals surface area contributed by atoms with Gasteiger partial charge in [-0.3, -0.25) is 4.79 Å². The first-order valence-corrected chi connectivity index (χ1v) is 11.3. The van der Waals surface area contributed by atoms with Gasteiger partial charge in [0.1, 0.15) is 0 Å². The number of aromatic nitrogens is 2. The largest absolute Gasteiger partial charge is 0.478 e. The highest BCUT2D eigenvalue weighted by atomic mass is 35.5. The molecule has 2 N–H and O–H groups in total. The van der Waals surface area contributed by atoms with Crippen molar-refractivity contribution in [1.29, 1.82) is 0 Å². The number of halogens is 1. The van der Waals surface area contributed by atoms with Crippen molar-refractivity contribution in [3.63, 3.8) is 0 Å². The monoisotopic (exact) mass is 478 g/mol. The molecule has 0 spiro atoms. The number of hydrogen-bond donors (Lipinski definition) is 2. The summed E-state index contributed by atoms with van der Waals surface area (Å²) in [5, 5.41) is 14.5. The zero-order valence-corrected chi connectivity index (χ0v) is 18.9. The van der Waals surface area contributed by atoms with Crippen LogP contribution in [0, 0.1) is 0 Å². The lowest BCUT2D eigenvalue weighted by Gasteiger charge is -2.09. The molecule has 0 radical (unpaired) electrons. The van der Waals surface area contributed by atoms with Gasteiger partial charge in [0, 0.05) is 10.6 Å². The lowest BCUT2D eigenvalue weighted by Crippen LogP contribution is -2.20. The van der Waals surface area contributed by atoms with Gasteiger partial charge in [0.15, 0.2) is 5.16 Å². The van der Waals surface area contributed by atoms with Crippen LogP contribution in [0.1, 0.15) is 21.5 Å². The number of carbonyl (C=O) groups excluding carboxylic acids is 1. The van der Waals surface area contributed by atoms with Crippen LogP contribution >= 0.6 is 23.4 Å². The number of carboxylic acids is 1. The quantitative estimate of drug-likeness (QED) is 0.218. The van der Waals surface area contributed by atoms with Gasteiger partial charge in [0.2, 0.25) is 0 Å². The number of amides is 1. The fourth-order valence-corrected chi connectivity index (χ4v) is 4.16. The Kier molecular flexibility index (Phi) is 7.07. The van der Waals surface area contributed by atoms with Gasteiger partial charge in [-0.05, 0) is 35.9 Å². The number of carboxylic acid groups (broad SMARTS) is 1. The van der Waals surface area contributed by atoms with Crippen molar-refractivity contribution < 1.29 is 14.7 Å². The molecule has 3 aromatic carbocycles. The highest BCUT2D eigenvalue weighted by Crippen LogP contribution is 2.25. The predicted molar refractivity (Wildman–Crippen MR) is 130 cm³/mol. The van der Waals surface area contributed by atoms with Gasteiger partial charge in [-0.1, -0.05) is 65.8 Å². The summed E-state index contributed by atoms with van der Waals surface area (Å²) in [6.45, 7) is 0.589. The van der Waals surface area contributed by atoms with E-state index < -0.39 is 5.97 Å². The standard InChI is InChI=1S/C24H19ClN4O3S/c25-18-11-9-16(10-12-18)14-29-21-8-4-3-7-20(21)27-24(29)33-15-22(30)28-26-13-17-5-1-2-6-19(17)23(31)32/h1-13H,14-15H2,(H,28,30)(H,31,32)/b26-13-. The van der Waals surface area contributed by atoms with Crippen LogP contribution in [0.25, 0.3) is 11.0 Å². The Balaban J connectivity index is 1.45. The van der Waals surface area contributed by atoms with Gasteiger partial charge in [-0.15, -0.1) is 0 Å². The average Bonchev–Trinajstić information content (AvgIpc) is 3.16. The third-order valence-electron chi connectivity index (χ3n) is 4.79. The number of hydrogen-bond acceptors (Lipinski definition) is 5. The molecule has 0 unspecified atom stereocenters. The Labute approximate surface area is 199 Å². The summed E-state index contributed by atoms with van der Waals surface area (Å²) in [6, 6.07) is 21.8. The fourth-order valence-electron chi connectivity index (χ4n) is 3.23. The molecule has 166 valence electrons. The summed E-state index contributed by atoms with van der Waals surface area (Å²) >= 11 is 7.30. The zero-order valence-electron chi connectivity index (χ0n) is 17.3. The number of thioether (sulfide) groups is 1. The number of rotatable bonds is 8. The van der Waals surface area contributed by atoms with Crippen molar-refractivity contribution in [2.24, 2.45) is 5.10 Å². The minimum atomic E-state index is -1.06. The summed E-state index contributed by atoms with van der Waals surface area (Å²) in [4.78, 5) is 28.3. The first kappa shape index (κ1) is 22.6. The Bertz CT molecular complexity index is 1340. The van der Waals surface area contributed by atoms with Crippen LogP contribution < -0.4 is 5.43 Å². The van der Waals surface area contributed by atoms with Crippen LogP contribution in [0.4, 0.5) is 0 Å². The maximum absolute atomic E-state index is 12.3. The van der Waals surface area contributed by atoms with Crippen molar-refractivity contribution >= 4 is 52.5 Å². The van der Waals surface area contributed by atoms with Crippen molar-refractivity contribution in [2.45, 2.75) is 11.7 Å². The molecule has 0 aliphatic heterocycles. The molecule has 9 heteroatoms. The van der Waals surface area contributed by atoms with Crippen LogP contribution in [-0.4, -0.2) is 38.5 Å². The molecule has 0 saturated carbocycles. The third-order valence-corrected chi connectivity index (χ3v) is 6.02. The number of hydrazone groups is 1. The Morgan fingerprint density at radius 2 is 1.79 bits per heavy atom. The van der Waals surface area contributed by atoms with Crippen LogP contribution in [0.2, 0.25) is 5.02 Å². The number of nitrogens with one attached hydrogen (secondary N) is 1. The number of para-hydroxylation sites is 2. The van der Waals surface area contributed by atoms with E-state index in [0.29, 0.717) is 22.3 Å². The van der Waals surface area contributed by atoms with E-state index in [-0.39, 0.29) is 17.2 Å². The zero-order chi connectivity index (χ0) is 23.2. The summed E-state index contributed by atoms with van der Waals surface area (Å²) < 4.78 is 2.06. The van der Waals surface area contributed by atoms with Gasteiger partial charge >= 0.3 is 5.97 Å². The second-order valence-electron chi connectivity index (χ2n) is 7.07. The molecule has 1 aromatic heterocycles. The Morgan fingerprint density at radius 1 is 1.06 bits per heavy atom. The third kappa shape index (κ3) is 5.60. The van der Waals surface area contributed by atoms with Crippen molar-refractivity contribution in [3.8, 4) is 0 Å². The number of carbonyl (C=O) groups is 2. The van der Waals surface area contributed by atoms with Crippen molar-refractivity contribution in [3.05, 3.63) is 94.5 Å². The van der Waals surface area contributed by atoms with E-state index in [4.69, 9.17) is 11.6 Å². The fraction of sp³-hybridized carbons (Fsp3) is 0.0833. The summed E-state index contributed by atoms with van der Waals surface area (Å²) in [5.41, 5.74) is 5.84. The first-order valence-electron chi connectivity index (χ1n) is 9.98. The molecule has 1 heterocycles. The normalized spacial score (nSPS) is 11.2. The van der Waals surface area contributed by atoms with Crippen molar-refractivity contribution in [1.82, 2.24) is 15.0 Å². The van der Waals surface area contributed by atoms with E-state index in [1.807, 2.05) is 48.5 Å². The molecule has 0 fully saturated rings. The molecule has 0 atom stereocenters. The first-order chi connectivity index (χ1) is 16.0. The highest BCUT2D eigenvalue weighted by Gasteiger charge is 2.13. The van der Waals surface area contributed by atoms with Gasteiger partial charge in [0.05, 0.1) is 35.1 Å². The second kappa shape index (κ2) is 10.3. The molecule has 33 heavy (non-hydrogen) atoms. The molecule has 4 aromatic rings. The number of nitrogens with zero attached hydrogens (tertiary/aromatic N) is 3. The maximum Gasteiger partial charge on any atom is 0.336 e.